The Balaban J connectivity index is 1.85. The smallest absolute Gasteiger partial charge is 0.356 e. The molecule has 4 rings (SSSR count). The first-order valence-corrected chi connectivity index (χ1v) is 13.9. The van der Waals surface area contributed by atoms with E-state index in [9.17, 15) is 18.0 Å². The van der Waals surface area contributed by atoms with Crippen LogP contribution in [0.2, 0.25) is 5.02 Å². The minimum Gasteiger partial charge on any atom is -0.463 e. The fourth-order valence-electron chi connectivity index (χ4n) is 4.33. The molecule has 11 heteroatoms. The van der Waals surface area contributed by atoms with Crippen LogP contribution in [0.25, 0.3) is 0 Å². The summed E-state index contributed by atoms with van der Waals surface area (Å²) in [5, 5.41) is 0.333. The second-order valence-electron chi connectivity index (χ2n) is 8.92. The molecule has 1 heterocycles. The monoisotopic (exact) mass is 569 g/mol. The van der Waals surface area contributed by atoms with E-state index in [0.717, 1.165) is 15.4 Å². The summed E-state index contributed by atoms with van der Waals surface area (Å²) in [6.45, 7) is 3.53. The molecule has 0 fully saturated rings. The summed E-state index contributed by atoms with van der Waals surface area (Å²) in [4.78, 5) is 29.2. The number of rotatable bonds is 8. The zero-order chi connectivity index (χ0) is 28.2. The van der Waals surface area contributed by atoms with Crippen molar-refractivity contribution in [2.45, 2.75) is 33.0 Å². The van der Waals surface area contributed by atoms with Crippen molar-refractivity contribution in [2.24, 2.45) is 5.90 Å². The van der Waals surface area contributed by atoms with Crippen molar-refractivity contribution < 1.29 is 27.6 Å². The number of nitrogens with two attached hydrogens (primary N) is 1. The molecule has 204 valence electrons. The summed E-state index contributed by atoms with van der Waals surface area (Å²) < 4.78 is 36.0. The molecule has 1 atom stereocenters. The molecule has 2 N–H and O–H groups in total. The minimum atomic E-state index is -4.19. The Morgan fingerprint density at radius 3 is 2.23 bits per heavy atom. The highest BCUT2D eigenvalue weighted by atomic mass is 35.5. The normalized spacial score (nSPS) is 16.9. The van der Waals surface area contributed by atoms with Crippen molar-refractivity contribution in [1.29, 1.82) is 0 Å². The lowest BCUT2D eigenvalue weighted by Gasteiger charge is -2.40. The van der Waals surface area contributed by atoms with Gasteiger partial charge in [0, 0.05) is 17.8 Å². The lowest BCUT2D eigenvalue weighted by Crippen LogP contribution is -2.48. The Morgan fingerprint density at radius 2 is 1.62 bits per heavy atom. The predicted molar refractivity (Wildman–Crippen MR) is 146 cm³/mol. The summed E-state index contributed by atoms with van der Waals surface area (Å²) in [6, 6.07) is 19.5. The molecule has 39 heavy (non-hydrogen) atoms. The summed E-state index contributed by atoms with van der Waals surface area (Å²) in [7, 11) is -4.19. The maximum atomic E-state index is 14.2. The molecular formula is C28H28ClN3O6S. The van der Waals surface area contributed by atoms with Gasteiger partial charge in [-0.2, -0.15) is 18.6 Å². The van der Waals surface area contributed by atoms with E-state index in [2.05, 4.69) is 4.84 Å². The SMILES string of the molecule is CCOC(=O)C1=CN(Cc2ccc(C(=O)ON)cc2)S(=O)(=O)N(Cc2ccccc2)C1c1ccc(C)cc1Cl. The van der Waals surface area contributed by atoms with Crippen LogP contribution in [0, 0.1) is 6.92 Å². The molecule has 0 aliphatic carbocycles. The third-order valence-electron chi connectivity index (χ3n) is 6.24. The van der Waals surface area contributed by atoms with Crippen molar-refractivity contribution in [3.05, 3.63) is 117 Å². The van der Waals surface area contributed by atoms with Crippen LogP contribution in [-0.4, -0.2) is 35.6 Å². The van der Waals surface area contributed by atoms with Crippen LogP contribution in [0.1, 0.15) is 45.6 Å². The number of nitrogens with zero attached hydrogens (tertiary/aromatic N) is 2. The second-order valence-corrected chi connectivity index (χ2v) is 11.2. The van der Waals surface area contributed by atoms with Gasteiger partial charge in [0.15, 0.2) is 0 Å². The molecule has 0 saturated carbocycles. The first kappa shape index (κ1) is 28.3. The average molecular weight is 570 g/mol. The maximum Gasteiger partial charge on any atom is 0.356 e. The van der Waals surface area contributed by atoms with Crippen molar-refractivity contribution in [2.75, 3.05) is 6.61 Å². The number of carbonyl (C=O) groups excluding carboxylic acids is 2. The summed E-state index contributed by atoms with van der Waals surface area (Å²) >= 11 is 6.63. The van der Waals surface area contributed by atoms with E-state index in [-0.39, 0.29) is 30.8 Å². The first-order chi connectivity index (χ1) is 18.6. The van der Waals surface area contributed by atoms with Crippen molar-refractivity contribution in [3.8, 4) is 0 Å². The number of hydrogen-bond acceptors (Lipinski definition) is 7. The number of hydrogen-bond donors (Lipinski definition) is 1. The van der Waals surface area contributed by atoms with Crippen molar-refractivity contribution >= 4 is 33.7 Å². The predicted octanol–water partition coefficient (Wildman–Crippen LogP) is 4.43. The Morgan fingerprint density at radius 1 is 0.949 bits per heavy atom. The van der Waals surface area contributed by atoms with Gasteiger partial charge in [0.1, 0.15) is 0 Å². The van der Waals surface area contributed by atoms with Gasteiger partial charge in [0.2, 0.25) is 0 Å². The number of benzene rings is 3. The Labute approximate surface area is 232 Å². The molecule has 1 aliphatic rings. The van der Waals surface area contributed by atoms with E-state index in [1.807, 2.05) is 43.3 Å². The minimum absolute atomic E-state index is 0.0213. The van der Waals surface area contributed by atoms with Gasteiger partial charge in [-0.05, 0) is 54.3 Å². The van der Waals surface area contributed by atoms with E-state index in [0.29, 0.717) is 16.1 Å². The molecule has 0 bridgehead atoms. The molecule has 3 aromatic rings. The third-order valence-corrected chi connectivity index (χ3v) is 8.32. The summed E-state index contributed by atoms with van der Waals surface area (Å²) in [5.74, 6) is 3.58. The third kappa shape index (κ3) is 6.15. The molecule has 1 unspecified atom stereocenters. The quantitative estimate of drug-likeness (QED) is 0.315. The number of esters is 1. The van der Waals surface area contributed by atoms with E-state index < -0.39 is 28.2 Å². The molecule has 0 amide bonds. The van der Waals surface area contributed by atoms with Crippen LogP contribution in [0.4, 0.5) is 0 Å². The topological polar surface area (TPSA) is 119 Å². The second kappa shape index (κ2) is 12.0. The number of halogens is 1. The highest BCUT2D eigenvalue weighted by molar-refractivity contribution is 7.86. The van der Waals surface area contributed by atoms with Gasteiger partial charge >= 0.3 is 22.1 Å². The first-order valence-electron chi connectivity index (χ1n) is 12.1. The van der Waals surface area contributed by atoms with Gasteiger partial charge in [-0.1, -0.05) is 66.2 Å². The van der Waals surface area contributed by atoms with Crippen molar-refractivity contribution in [1.82, 2.24) is 8.61 Å². The molecule has 9 nitrogen and oxygen atoms in total. The zero-order valence-corrected chi connectivity index (χ0v) is 23.0. The Hall–Kier alpha value is -3.70. The standard InChI is InChI=1S/C28H28ClN3O6S/c1-3-37-28(34)24-18-31(16-21-10-12-22(13-11-21)27(33)38-30)39(35,36)32(17-20-7-5-4-6-8-20)26(24)23-14-9-19(2)15-25(23)29/h4-15,18,26H,3,16-17,30H2,1-2H3. The van der Waals surface area contributed by atoms with Crippen LogP contribution in [-0.2, 0) is 37.7 Å². The van der Waals surface area contributed by atoms with Gasteiger partial charge in [-0.25, -0.2) is 9.59 Å². The van der Waals surface area contributed by atoms with Gasteiger partial charge in [-0.15, -0.1) is 0 Å². The largest absolute Gasteiger partial charge is 0.463 e. The van der Waals surface area contributed by atoms with Gasteiger partial charge in [0.05, 0.1) is 30.3 Å². The molecule has 0 aromatic heterocycles. The molecule has 0 radical (unpaired) electrons. The molecule has 0 saturated heterocycles. The number of ether oxygens (including phenoxy) is 1. The van der Waals surface area contributed by atoms with Gasteiger partial charge in [-0.3, -0.25) is 4.31 Å². The van der Waals surface area contributed by atoms with E-state index in [4.69, 9.17) is 22.2 Å². The van der Waals surface area contributed by atoms with Crippen LogP contribution in [0.3, 0.4) is 0 Å². The van der Waals surface area contributed by atoms with Gasteiger partial charge in [0.25, 0.3) is 0 Å². The maximum absolute atomic E-state index is 14.2. The fourth-order valence-corrected chi connectivity index (χ4v) is 6.30. The van der Waals surface area contributed by atoms with Crippen molar-refractivity contribution in [3.63, 3.8) is 0 Å². The van der Waals surface area contributed by atoms with Crippen LogP contribution in [0.5, 0.6) is 0 Å². The molecular weight excluding hydrogens is 542 g/mol. The summed E-state index contributed by atoms with van der Waals surface area (Å²) in [6.07, 6.45) is 1.30. The zero-order valence-electron chi connectivity index (χ0n) is 21.4. The van der Waals surface area contributed by atoms with Crippen LogP contribution in [0.15, 0.2) is 84.6 Å². The molecule has 3 aromatic carbocycles. The van der Waals surface area contributed by atoms with E-state index >= 15 is 0 Å². The molecule has 0 spiro atoms. The summed E-state index contributed by atoms with van der Waals surface area (Å²) in [5.41, 5.74) is 2.98. The van der Waals surface area contributed by atoms with Gasteiger partial charge < -0.3 is 9.57 Å². The number of carbonyl (C=O) groups is 2. The van der Waals surface area contributed by atoms with E-state index in [1.54, 1.807) is 31.2 Å². The highest BCUT2D eigenvalue weighted by Gasteiger charge is 2.44. The average Bonchev–Trinajstić information content (AvgIpc) is 2.92. The lowest BCUT2D eigenvalue weighted by molar-refractivity contribution is -0.139. The number of aryl methyl sites for hydroxylation is 1. The lowest BCUT2D eigenvalue weighted by atomic mass is 9.97. The fraction of sp³-hybridized carbons (Fsp3) is 0.214. The highest BCUT2D eigenvalue weighted by Crippen LogP contribution is 2.41. The Bertz CT molecular complexity index is 1490. The van der Waals surface area contributed by atoms with Crippen LogP contribution >= 0.6 is 11.6 Å². The van der Waals surface area contributed by atoms with Crippen LogP contribution < -0.4 is 5.90 Å². The van der Waals surface area contributed by atoms with E-state index in [1.165, 1.54) is 22.6 Å². The molecule has 1 aliphatic heterocycles. The Kier molecular flexibility index (Phi) is 8.71.